The van der Waals surface area contributed by atoms with E-state index >= 15 is 0 Å². The lowest BCUT2D eigenvalue weighted by molar-refractivity contribution is 0.0797. The fourth-order valence-electron chi connectivity index (χ4n) is 3.76. The van der Waals surface area contributed by atoms with E-state index in [9.17, 15) is 13.6 Å². The Hall–Kier alpha value is -2.91. The minimum atomic E-state index is -0.688. The molecule has 1 aromatic heterocycles. The number of piperidine rings is 1. The largest absolute Gasteiger partial charge is 0.496 e. The van der Waals surface area contributed by atoms with Gasteiger partial charge in [0.25, 0.3) is 10.7 Å². The second-order valence-electron chi connectivity index (χ2n) is 7.40. The van der Waals surface area contributed by atoms with Crippen LogP contribution in [0.3, 0.4) is 0 Å². The number of likely N-dealkylation sites (tertiary alicyclic amines) is 1. The van der Waals surface area contributed by atoms with E-state index in [-0.39, 0.29) is 22.1 Å². The molecule has 162 valence electrons. The highest BCUT2D eigenvalue weighted by Gasteiger charge is 2.28. The summed E-state index contributed by atoms with van der Waals surface area (Å²) in [6.07, 6.45) is 1.08. The molecule has 0 saturated carbocycles. The highest BCUT2D eigenvalue weighted by Crippen LogP contribution is 2.29. The summed E-state index contributed by atoms with van der Waals surface area (Å²) in [6.45, 7) is 1.62. The van der Waals surface area contributed by atoms with Crippen LogP contribution in [0.1, 0.15) is 23.2 Å². The van der Waals surface area contributed by atoms with Crippen LogP contribution in [0.2, 0.25) is 0 Å². The number of halogens is 2. The van der Waals surface area contributed by atoms with E-state index in [0.717, 1.165) is 18.2 Å². The van der Waals surface area contributed by atoms with Crippen LogP contribution in [0, 0.1) is 22.4 Å². The van der Waals surface area contributed by atoms with Crippen molar-refractivity contribution in [2.24, 2.45) is 5.92 Å². The third-order valence-electron chi connectivity index (χ3n) is 5.43. The van der Waals surface area contributed by atoms with Crippen molar-refractivity contribution in [2.45, 2.75) is 19.5 Å². The SMILES string of the molecule is COc1ccccc1-c1nn(CN2CCC(C(=O)c3cc(F)ccc3F)CC2)c(=S)o1. The van der Waals surface area contributed by atoms with E-state index < -0.39 is 11.6 Å². The normalized spacial score (nSPS) is 15.2. The van der Waals surface area contributed by atoms with E-state index in [0.29, 0.717) is 49.8 Å². The van der Waals surface area contributed by atoms with Crippen molar-refractivity contribution in [1.29, 1.82) is 0 Å². The predicted molar refractivity (Wildman–Crippen MR) is 112 cm³/mol. The third-order valence-corrected chi connectivity index (χ3v) is 5.72. The number of Topliss-reactive ketones (excluding diaryl/α,β-unsaturated/α-hetero) is 1. The number of hydrogen-bond donors (Lipinski definition) is 0. The summed E-state index contributed by atoms with van der Waals surface area (Å²) in [7, 11) is 1.57. The van der Waals surface area contributed by atoms with Gasteiger partial charge in [0, 0.05) is 19.0 Å². The zero-order valence-electron chi connectivity index (χ0n) is 16.9. The van der Waals surface area contributed by atoms with Crippen molar-refractivity contribution >= 4 is 18.0 Å². The maximum absolute atomic E-state index is 13.9. The van der Waals surface area contributed by atoms with Crippen molar-refractivity contribution in [3.63, 3.8) is 0 Å². The second kappa shape index (κ2) is 9.07. The summed E-state index contributed by atoms with van der Waals surface area (Å²) >= 11 is 5.31. The fourth-order valence-corrected chi connectivity index (χ4v) is 3.94. The van der Waals surface area contributed by atoms with Gasteiger partial charge < -0.3 is 9.15 Å². The van der Waals surface area contributed by atoms with Gasteiger partial charge in [-0.2, -0.15) is 0 Å². The van der Waals surface area contributed by atoms with Crippen LogP contribution in [0.4, 0.5) is 8.78 Å². The summed E-state index contributed by atoms with van der Waals surface area (Å²) in [5, 5.41) is 4.47. The van der Waals surface area contributed by atoms with Gasteiger partial charge in [-0.1, -0.05) is 12.1 Å². The molecule has 2 aromatic carbocycles. The predicted octanol–water partition coefficient (Wildman–Crippen LogP) is 4.71. The first-order valence-electron chi connectivity index (χ1n) is 9.89. The lowest BCUT2D eigenvalue weighted by atomic mass is 9.89. The van der Waals surface area contributed by atoms with E-state index in [1.54, 1.807) is 11.8 Å². The Labute approximate surface area is 183 Å². The van der Waals surface area contributed by atoms with Crippen LogP contribution in [0.5, 0.6) is 5.75 Å². The average Bonchev–Trinajstić information content (AvgIpc) is 3.15. The van der Waals surface area contributed by atoms with Crippen LogP contribution in [-0.2, 0) is 6.67 Å². The summed E-state index contributed by atoms with van der Waals surface area (Å²) in [4.78, 5) is 15.0. The van der Waals surface area contributed by atoms with Crippen molar-refractivity contribution in [1.82, 2.24) is 14.7 Å². The number of ketones is 1. The molecular weight excluding hydrogens is 424 g/mol. The number of rotatable bonds is 6. The van der Waals surface area contributed by atoms with Gasteiger partial charge in [-0.05, 0) is 55.4 Å². The molecule has 0 spiro atoms. The van der Waals surface area contributed by atoms with Crippen LogP contribution in [0.15, 0.2) is 46.9 Å². The van der Waals surface area contributed by atoms with E-state index in [1.807, 2.05) is 24.3 Å². The van der Waals surface area contributed by atoms with Gasteiger partial charge in [0.05, 0.1) is 24.9 Å². The molecule has 31 heavy (non-hydrogen) atoms. The quantitative estimate of drug-likeness (QED) is 0.405. The fraction of sp³-hybridized carbons (Fsp3) is 0.318. The lowest BCUT2D eigenvalue weighted by Crippen LogP contribution is -2.37. The molecule has 0 aliphatic carbocycles. The van der Waals surface area contributed by atoms with Crippen LogP contribution in [0.25, 0.3) is 11.5 Å². The Morgan fingerprint density at radius 2 is 1.97 bits per heavy atom. The van der Waals surface area contributed by atoms with Crippen molar-refractivity contribution in [3.05, 3.63) is 64.5 Å². The summed E-state index contributed by atoms with van der Waals surface area (Å²) in [6, 6.07) is 10.3. The molecule has 0 unspecified atom stereocenters. The third kappa shape index (κ3) is 4.57. The average molecular weight is 445 g/mol. The molecule has 0 atom stereocenters. The molecule has 9 heteroatoms. The highest BCUT2D eigenvalue weighted by atomic mass is 32.1. The van der Waals surface area contributed by atoms with Gasteiger partial charge >= 0.3 is 0 Å². The Kier molecular flexibility index (Phi) is 6.24. The van der Waals surface area contributed by atoms with Gasteiger partial charge in [0.2, 0.25) is 0 Å². The first-order valence-corrected chi connectivity index (χ1v) is 10.3. The van der Waals surface area contributed by atoms with Crippen molar-refractivity contribution in [2.75, 3.05) is 20.2 Å². The Bertz CT molecular complexity index is 1150. The molecule has 1 aliphatic rings. The number of methoxy groups -OCH3 is 1. The Morgan fingerprint density at radius 1 is 1.23 bits per heavy atom. The molecule has 1 aliphatic heterocycles. The molecular formula is C22H21F2N3O3S. The zero-order valence-corrected chi connectivity index (χ0v) is 17.7. The molecule has 0 bridgehead atoms. The monoisotopic (exact) mass is 445 g/mol. The topological polar surface area (TPSA) is 60.5 Å². The summed E-state index contributed by atoms with van der Waals surface area (Å²) in [5.41, 5.74) is 0.523. The first-order chi connectivity index (χ1) is 15.0. The van der Waals surface area contributed by atoms with Gasteiger partial charge in [0.15, 0.2) is 5.78 Å². The van der Waals surface area contributed by atoms with Crippen molar-refractivity contribution < 1.29 is 22.7 Å². The number of para-hydroxylation sites is 1. The van der Waals surface area contributed by atoms with E-state index in [4.69, 9.17) is 21.4 Å². The molecule has 4 rings (SSSR count). The van der Waals surface area contributed by atoms with Gasteiger partial charge in [-0.15, -0.1) is 5.10 Å². The van der Waals surface area contributed by atoms with Crippen LogP contribution >= 0.6 is 12.2 Å². The summed E-state index contributed by atoms with van der Waals surface area (Å²) < 4.78 is 40.0. The zero-order chi connectivity index (χ0) is 22.0. The molecule has 1 fully saturated rings. The van der Waals surface area contributed by atoms with Crippen LogP contribution < -0.4 is 4.74 Å². The number of hydrogen-bond acceptors (Lipinski definition) is 6. The number of benzene rings is 2. The molecule has 0 amide bonds. The minimum absolute atomic E-state index is 0.182. The molecule has 0 N–H and O–H groups in total. The molecule has 0 radical (unpaired) electrons. The maximum Gasteiger partial charge on any atom is 0.288 e. The number of ether oxygens (including phenoxy) is 1. The first kappa shape index (κ1) is 21.3. The molecule has 3 aromatic rings. The minimum Gasteiger partial charge on any atom is -0.496 e. The number of aromatic nitrogens is 2. The standard InChI is InChI=1S/C22H21F2N3O3S/c1-29-19-5-3-2-4-16(19)21-25-27(22(31)30-21)13-26-10-8-14(9-11-26)20(28)17-12-15(23)6-7-18(17)24/h2-7,12,14H,8-11,13H2,1H3. The number of nitrogens with zero attached hydrogens (tertiary/aromatic N) is 3. The second-order valence-corrected chi connectivity index (χ2v) is 7.74. The molecule has 6 nitrogen and oxygen atoms in total. The van der Waals surface area contributed by atoms with Gasteiger partial charge in [-0.25, -0.2) is 13.5 Å². The Balaban J connectivity index is 1.42. The lowest BCUT2D eigenvalue weighted by Gasteiger charge is -2.30. The maximum atomic E-state index is 13.9. The molecule has 2 heterocycles. The highest BCUT2D eigenvalue weighted by molar-refractivity contribution is 7.71. The smallest absolute Gasteiger partial charge is 0.288 e. The van der Waals surface area contributed by atoms with Gasteiger partial charge in [0.1, 0.15) is 17.4 Å². The number of carbonyl (C=O) groups is 1. The van der Waals surface area contributed by atoms with Crippen molar-refractivity contribution in [3.8, 4) is 17.2 Å². The van der Waals surface area contributed by atoms with E-state index in [1.165, 1.54) is 0 Å². The van der Waals surface area contributed by atoms with Crippen LogP contribution in [-0.4, -0.2) is 40.7 Å². The van der Waals surface area contributed by atoms with E-state index in [2.05, 4.69) is 10.00 Å². The Morgan fingerprint density at radius 3 is 2.71 bits per heavy atom. The van der Waals surface area contributed by atoms with Gasteiger partial charge in [-0.3, -0.25) is 9.69 Å². The number of carbonyl (C=O) groups excluding carboxylic acids is 1. The molecule has 1 saturated heterocycles. The summed E-state index contributed by atoms with van der Waals surface area (Å²) in [5.74, 6) is -1.00.